The zero-order chi connectivity index (χ0) is 15.1. The lowest BCUT2D eigenvalue weighted by Crippen LogP contribution is -2.10. The summed E-state index contributed by atoms with van der Waals surface area (Å²) >= 11 is 3.39. The van der Waals surface area contributed by atoms with Gasteiger partial charge in [-0.1, -0.05) is 35.0 Å². The van der Waals surface area contributed by atoms with Crippen molar-refractivity contribution in [2.24, 2.45) is 5.73 Å². The highest BCUT2D eigenvalue weighted by Gasteiger charge is 2.03. The van der Waals surface area contributed by atoms with Crippen molar-refractivity contribution < 1.29 is 9.47 Å². The van der Waals surface area contributed by atoms with E-state index in [0.717, 1.165) is 28.0 Å². The lowest BCUT2D eigenvalue weighted by Gasteiger charge is -2.11. The summed E-state index contributed by atoms with van der Waals surface area (Å²) in [5.41, 5.74) is 7.11. The molecule has 0 spiro atoms. The zero-order valence-corrected chi connectivity index (χ0v) is 13.7. The topological polar surface area (TPSA) is 44.5 Å². The van der Waals surface area contributed by atoms with E-state index in [0.29, 0.717) is 13.2 Å². The Morgan fingerprint density at radius 2 is 1.38 bits per heavy atom. The molecular weight excluding hydrogens is 330 g/mol. The van der Waals surface area contributed by atoms with Crippen molar-refractivity contribution in [3.63, 3.8) is 0 Å². The monoisotopic (exact) mass is 349 g/mol. The van der Waals surface area contributed by atoms with E-state index in [2.05, 4.69) is 22.9 Å². The normalized spacial score (nSPS) is 12.0. The first-order chi connectivity index (χ1) is 10.2. The van der Waals surface area contributed by atoms with Gasteiger partial charge in [0.05, 0.1) is 0 Å². The molecule has 21 heavy (non-hydrogen) atoms. The molecule has 0 heterocycles. The largest absolute Gasteiger partial charge is 0.490 e. The van der Waals surface area contributed by atoms with E-state index in [9.17, 15) is 0 Å². The zero-order valence-electron chi connectivity index (χ0n) is 12.1. The van der Waals surface area contributed by atoms with E-state index < -0.39 is 0 Å². The summed E-state index contributed by atoms with van der Waals surface area (Å²) in [7, 11) is 0. The number of ether oxygens (including phenoxy) is 2. The molecule has 0 aliphatic heterocycles. The molecule has 0 aliphatic carbocycles. The van der Waals surface area contributed by atoms with Crippen molar-refractivity contribution >= 4 is 15.9 Å². The van der Waals surface area contributed by atoms with Crippen molar-refractivity contribution in [1.82, 2.24) is 0 Å². The molecule has 0 bridgehead atoms. The lowest BCUT2D eigenvalue weighted by atomic mass is 10.1. The summed E-state index contributed by atoms with van der Waals surface area (Å²) in [5, 5.41) is 0. The van der Waals surface area contributed by atoms with Crippen LogP contribution in [0.4, 0.5) is 0 Å². The molecule has 4 heteroatoms. The number of hydrogen-bond acceptors (Lipinski definition) is 3. The van der Waals surface area contributed by atoms with Crippen LogP contribution in [0.15, 0.2) is 53.0 Å². The summed E-state index contributed by atoms with van der Waals surface area (Å²) < 4.78 is 12.3. The van der Waals surface area contributed by atoms with Gasteiger partial charge in [-0.05, 0) is 48.4 Å². The fraction of sp³-hybridized carbons (Fsp3) is 0.294. The molecule has 2 N–H and O–H groups in total. The Bertz CT molecular complexity index is 540. The maximum absolute atomic E-state index is 5.98. The minimum atomic E-state index is 0.0970. The van der Waals surface area contributed by atoms with Gasteiger partial charge in [-0.15, -0.1) is 0 Å². The summed E-state index contributed by atoms with van der Waals surface area (Å²) in [4.78, 5) is 0. The first kappa shape index (κ1) is 15.9. The fourth-order valence-electron chi connectivity index (χ4n) is 1.90. The average Bonchev–Trinajstić information content (AvgIpc) is 2.53. The van der Waals surface area contributed by atoms with E-state index in [1.165, 1.54) is 0 Å². The molecular formula is C17H20BrNO2. The highest BCUT2D eigenvalue weighted by Crippen LogP contribution is 2.19. The summed E-state index contributed by atoms with van der Waals surface area (Å²) in [6, 6.07) is 15.8. The van der Waals surface area contributed by atoms with Gasteiger partial charge in [-0.3, -0.25) is 0 Å². The molecule has 0 unspecified atom stereocenters. The van der Waals surface area contributed by atoms with Crippen LogP contribution in [0, 0.1) is 0 Å². The molecule has 2 rings (SSSR count). The number of hydrogen-bond donors (Lipinski definition) is 1. The van der Waals surface area contributed by atoms with Crippen LogP contribution < -0.4 is 15.2 Å². The van der Waals surface area contributed by atoms with E-state index in [4.69, 9.17) is 15.2 Å². The summed E-state index contributed by atoms with van der Waals surface area (Å²) in [6.07, 6.45) is 0.932. The molecule has 0 aromatic heterocycles. The minimum absolute atomic E-state index is 0.0970. The second-order valence-corrected chi connectivity index (χ2v) is 5.65. The van der Waals surface area contributed by atoms with Crippen LogP contribution in [0.2, 0.25) is 0 Å². The van der Waals surface area contributed by atoms with Crippen molar-refractivity contribution in [1.29, 1.82) is 0 Å². The van der Waals surface area contributed by atoms with Gasteiger partial charge in [0.15, 0.2) is 0 Å². The highest BCUT2D eigenvalue weighted by molar-refractivity contribution is 9.10. The Hall–Kier alpha value is -1.52. The second-order valence-electron chi connectivity index (χ2n) is 4.73. The van der Waals surface area contributed by atoms with Crippen LogP contribution in [0.3, 0.4) is 0 Å². The third-order valence-corrected chi connectivity index (χ3v) is 3.71. The summed E-state index contributed by atoms with van der Waals surface area (Å²) in [6.45, 7) is 3.10. The van der Waals surface area contributed by atoms with E-state index in [1.54, 1.807) is 0 Å². The Morgan fingerprint density at radius 3 is 1.86 bits per heavy atom. The standard InChI is InChI=1S/C17H20BrNO2/c1-2-17(19)13-3-7-15(8-4-13)20-11-12-21-16-9-5-14(18)6-10-16/h3-10,17H,2,11-12,19H2,1H3/t17-/m0/s1. The van der Waals surface area contributed by atoms with Crippen LogP contribution in [-0.2, 0) is 0 Å². The maximum atomic E-state index is 5.98. The molecule has 3 nitrogen and oxygen atoms in total. The van der Waals surface area contributed by atoms with Crippen LogP contribution in [0.1, 0.15) is 24.9 Å². The molecule has 2 aromatic rings. The lowest BCUT2D eigenvalue weighted by molar-refractivity contribution is 0.217. The van der Waals surface area contributed by atoms with Gasteiger partial charge < -0.3 is 15.2 Å². The van der Waals surface area contributed by atoms with E-state index in [1.807, 2.05) is 48.5 Å². The molecule has 112 valence electrons. The van der Waals surface area contributed by atoms with E-state index >= 15 is 0 Å². The van der Waals surface area contributed by atoms with E-state index in [-0.39, 0.29) is 6.04 Å². The molecule has 0 amide bonds. The third kappa shape index (κ3) is 5.06. The quantitative estimate of drug-likeness (QED) is 0.757. The number of halogens is 1. The van der Waals surface area contributed by atoms with Gasteiger partial charge in [-0.25, -0.2) is 0 Å². The Labute approximate surface area is 134 Å². The van der Waals surface area contributed by atoms with Gasteiger partial charge in [0.1, 0.15) is 24.7 Å². The van der Waals surface area contributed by atoms with Crippen molar-refractivity contribution in [2.45, 2.75) is 19.4 Å². The molecule has 0 saturated heterocycles. The van der Waals surface area contributed by atoms with Crippen molar-refractivity contribution in [3.8, 4) is 11.5 Å². The SMILES string of the molecule is CC[C@H](N)c1ccc(OCCOc2ccc(Br)cc2)cc1. The molecule has 2 aromatic carbocycles. The van der Waals surface area contributed by atoms with Crippen LogP contribution in [0.5, 0.6) is 11.5 Å². The smallest absolute Gasteiger partial charge is 0.122 e. The van der Waals surface area contributed by atoms with Crippen molar-refractivity contribution in [3.05, 3.63) is 58.6 Å². The number of nitrogens with two attached hydrogens (primary N) is 1. The molecule has 0 radical (unpaired) electrons. The maximum Gasteiger partial charge on any atom is 0.122 e. The van der Waals surface area contributed by atoms with Gasteiger partial charge >= 0.3 is 0 Å². The highest BCUT2D eigenvalue weighted by atomic mass is 79.9. The number of rotatable bonds is 7. The molecule has 0 saturated carbocycles. The molecule has 1 atom stereocenters. The van der Waals surface area contributed by atoms with Crippen LogP contribution in [-0.4, -0.2) is 13.2 Å². The molecule has 0 aliphatic rings. The second kappa shape index (κ2) is 8.05. The van der Waals surface area contributed by atoms with Crippen molar-refractivity contribution in [2.75, 3.05) is 13.2 Å². The van der Waals surface area contributed by atoms with Gasteiger partial charge in [-0.2, -0.15) is 0 Å². The Kier molecular flexibility index (Phi) is 6.08. The summed E-state index contributed by atoms with van der Waals surface area (Å²) in [5.74, 6) is 1.67. The van der Waals surface area contributed by atoms with Crippen LogP contribution in [0.25, 0.3) is 0 Å². The minimum Gasteiger partial charge on any atom is -0.490 e. The van der Waals surface area contributed by atoms with Gasteiger partial charge in [0.2, 0.25) is 0 Å². The third-order valence-electron chi connectivity index (χ3n) is 3.18. The van der Waals surface area contributed by atoms with Gasteiger partial charge in [0, 0.05) is 10.5 Å². The first-order valence-corrected chi connectivity index (χ1v) is 7.85. The number of benzene rings is 2. The Morgan fingerprint density at radius 1 is 0.905 bits per heavy atom. The Balaban J connectivity index is 1.74. The van der Waals surface area contributed by atoms with Gasteiger partial charge in [0.25, 0.3) is 0 Å². The predicted molar refractivity (Wildman–Crippen MR) is 88.8 cm³/mol. The van der Waals surface area contributed by atoms with Crippen LogP contribution >= 0.6 is 15.9 Å². The fourth-order valence-corrected chi connectivity index (χ4v) is 2.16. The predicted octanol–water partition coefficient (Wildman–Crippen LogP) is 4.32. The first-order valence-electron chi connectivity index (χ1n) is 7.05. The molecule has 0 fully saturated rings. The average molecular weight is 350 g/mol.